The topological polar surface area (TPSA) is 3.24 Å². The summed E-state index contributed by atoms with van der Waals surface area (Å²) in [6, 6.07) is 0. The maximum atomic E-state index is 5.72. The van der Waals surface area contributed by atoms with Crippen molar-refractivity contribution < 1.29 is 0 Å². The second-order valence-electron chi connectivity index (χ2n) is 1.80. The number of allylic oxidation sites excluding steroid dienone is 2. The molecule has 0 amide bonds. The molecule has 0 spiro atoms. The van der Waals surface area contributed by atoms with E-state index in [2.05, 4.69) is 6.08 Å². The van der Waals surface area contributed by atoms with Crippen LogP contribution in [0.1, 0.15) is 0 Å². The summed E-state index contributed by atoms with van der Waals surface area (Å²) in [7, 11) is 1.79. The summed E-state index contributed by atoms with van der Waals surface area (Å²) in [5, 5.41) is 0. The lowest BCUT2D eigenvalue weighted by atomic mass is 10.4. The van der Waals surface area contributed by atoms with Gasteiger partial charge in [-0.25, -0.2) is 0 Å². The molecule has 3 heteroatoms. The van der Waals surface area contributed by atoms with Crippen molar-refractivity contribution in [3.8, 4) is 0 Å². The van der Waals surface area contributed by atoms with Crippen molar-refractivity contribution in [3.05, 3.63) is 24.4 Å². The lowest BCUT2D eigenvalue weighted by Crippen LogP contribution is -2.31. The number of likely N-dealkylation sites (N-methyl/N-ethyl adjacent to an activating group) is 1. The molecular formula is C6H6Cl2N. The first-order chi connectivity index (χ1) is 4.13. The molecule has 0 saturated heterocycles. The number of halogens is 2. The van der Waals surface area contributed by atoms with Gasteiger partial charge in [0, 0.05) is 19.3 Å². The van der Waals surface area contributed by atoms with Crippen molar-refractivity contribution in [2.45, 2.75) is 4.46 Å². The molecule has 0 N–H and O–H groups in total. The van der Waals surface area contributed by atoms with Gasteiger partial charge >= 0.3 is 0 Å². The van der Waals surface area contributed by atoms with Gasteiger partial charge in [-0.05, 0) is 6.08 Å². The Morgan fingerprint density at radius 1 is 1.56 bits per heavy atom. The zero-order valence-corrected chi connectivity index (χ0v) is 6.45. The molecule has 0 aliphatic carbocycles. The molecule has 0 aromatic carbocycles. The molecule has 0 fully saturated rings. The summed E-state index contributed by atoms with van der Waals surface area (Å²) in [6.45, 7) is 0. The van der Waals surface area contributed by atoms with Gasteiger partial charge in [-0.15, -0.1) is 0 Å². The van der Waals surface area contributed by atoms with Gasteiger partial charge in [-0.2, -0.15) is 0 Å². The Morgan fingerprint density at radius 2 is 2.22 bits per heavy atom. The van der Waals surface area contributed by atoms with E-state index in [1.54, 1.807) is 24.2 Å². The van der Waals surface area contributed by atoms with Crippen molar-refractivity contribution in [3.63, 3.8) is 0 Å². The third-order valence-electron chi connectivity index (χ3n) is 1.11. The molecule has 0 bridgehead atoms. The van der Waals surface area contributed by atoms with Crippen molar-refractivity contribution in [1.82, 2.24) is 4.90 Å². The fourth-order valence-corrected chi connectivity index (χ4v) is 0.755. The largest absolute Gasteiger partial charge is 0.346 e. The van der Waals surface area contributed by atoms with E-state index >= 15 is 0 Å². The predicted molar refractivity (Wildman–Crippen MR) is 39.2 cm³/mol. The van der Waals surface area contributed by atoms with E-state index in [1.807, 2.05) is 6.08 Å². The van der Waals surface area contributed by atoms with Gasteiger partial charge in [0.15, 0.2) is 0 Å². The highest BCUT2D eigenvalue weighted by molar-refractivity contribution is 6.49. The first kappa shape index (κ1) is 6.97. The lowest BCUT2D eigenvalue weighted by molar-refractivity contribution is 0.420. The van der Waals surface area contributed by atoms with Crippen LogP contribution in [-0.2, 0) is 0 Å². The predicted octanol–water partition coefficient (Wildman–Crippen LogP) is 1.94. The van der Waals surface area contributed by atoms with Gasteiger partial charge in [0.1, 0.15) is 0 Å². The van der Waals surface area contributed by atoms with Crippen LogP contribution < -0.4 is 0 Å². The molecule has 1 heterocycles. The van der Waals surface area contributed by atoms with E-state index in [0.29, 0.717) is 0 Å². The van der Waals surface area contributed by atoms with E-state index in [-0.39, 0.29) is 0 Å². The molecule has 0 unspecified atom stereocenters. The molecule has 9 heavy (non-hydrogen) atoms. The monoisotopic (exact) mass is 162 g/mol. The molecule has 0 atom stereocenters. The SMILES string of the molecule is CN1C=CC=[C]C1(Cl)Cl. The summed E-state index contributed by atoms with van der Waals surface area (Å²) in [6.07, 6.45) is 8.06. The van der Waals surface area contributed by atoms with Crippen LogP contribution in [0.4, 0.5) is 0 Å². The highest BCUT2D eigenvalue weighted by Gasteiger charge is 2.25. The van der Waals surface area contributed by atoms with E-state index < -0.39 is 4.46 Å². The van der Waals surface area contributed by atoms with Crippen LogP contribution >= 0.6 is 23.2 Å². The Bertz CT molecular complexity index is 160. The minimum Gasteiger partial charge on any atom is -0.346 e. The fraction of sp³-hybridized carbons (Fsp3) is 0.333. The number of alkyl halides is 2. The highest BCUT2D eigenvalue weighted by atomic mass is 35.5. The van der Waals surface area contributed by atoms with E-state index in [1.165, 1.54) is 0 Å². The van der Waals surface area contributed by atoms with Crippen LogP contribution in [0.3, 0.4) is 0 Å². The number of rotatable bonds is 0. The normalized spacial score (nSPS) is 22.8. The summed E-state index contributed by atoms with van der Waals surface area (Å²) in [5.41, 5.74) is 0. The molecule has 1 rings (SSSR count). The molecule has 49 valence electrons. The molecule has 1 aliphatic heterocycles. The van der Waals surface area contributed by atoms with E-state index in [4.69, 9.17) is 23.2 Å². The smallest absolute Gasteiger partial charge is 0.216 e. The van der Waals surface area contributed by atoms with Crippen molar-refractivity contribution in [2.75, 3.05) is 7.05 Å². The molecule has 0 aromatic heterocycles. The van der Waals surface area contributed by atoms with Gasteiger partial charge in [-0.3, -0.25) is 0 Å². The Kier molecular flexibility index (Phi) is 1.73. The van der Waals surface area contributed by atoms with Crippen LogP contribution in [-0.4, -0.2) is 16.4 Å². The van der Waals surface area contributed by atoms with E-state index in [0.717, 1.165) is 0 Å². The maximum Gasteiger partial charge on any atom is 0.216 e. The summed E-state index contributed by atoms with van der Waals surface area (Å²) in [4.78, 5) is 1.66. The van der Waals surface area contributed by atoms with Crippen LogP contribution in [0.2, 0.25) is 0 Å². The van der Waals surface area contributed by atoms with Gasteiger partial charge in [0.2, 0.25) is 4.46 Å². The third-order valence-corrected chi connectivity index (χ3v) is 1.86. The Morgan fingerprint density at radius 3 is 2.56 bits per heavy atom. The highest BCUT2D eigenvalue weighted by Crippen LogP contribution is 2.27. The molecule has 1 aliphatic rings. The molecule has 1 radical (unpaired) electrons. The van der Waals surface area contributed by atoms with Gasteiger partial charge < -0.3 is 4.90 Å². The Labute approximate surface area is 64.5 Å². The van der Waals surface area contributed by atoms with Crippen LogP contribution in [0, 0.1) is 6.08 Å². The van der Waals surface area contributed by atoms with Crippen LogP contribution in [0.5, 0.6) is 0 Å². The summed E-state index contributed by atoms with van der Waals surface area (Å²) >= 11 is 11.4. The molecule has 0 saturated carbocycles. The fourth-order valence-electron chi connectivity index (χ4n) is 0.516. The average molecular weight is 163 g/mol. The number of hydrogen-bond donors (Lipinski definition) is 0. The van der Waals surface area contributed by atoms with Gasteiger partial charge in [0.25, 0.3) is 0 Å². The number of hydrogen-bond acceptors (Lipinski definition) is 1. The van der Waals surface area contributed by atoms with Crippen molar-refractivity contribution in [1.29, 1.82) is 0 Å². The number of nitrogens with zero attached hydrogens (tertiary/aromatic N) is 1. The third kappa shape index (κ3) is 1.41. The van der Waals surface area contributed by atoms with Crippen molar-refractivity contribution in [2.24, 2.45) is 0 Å². The average Bonchev–Trinajstić information content (AvgIpc) is 1.77. The molecule has 0 aromatic rings. The zero-order valence-electron chi connectivity index (χ0n) is 4.94. The second-order valence-corrected chi connectivity index (χ2v) is 3.09. The van der Waals surface area contributed by atoms with Crippen molar-refractivity contribution >= 4 is 23.2 Å². The van der Waals surface area contributed by atoms with Gasteiger partial charge in [0.05, 0.1) is 0 Å². The molecular weight excluding hydrogens is 157 g/mol. The Hall–Kier alpha value is -0.140. The van der Waals surface area contributed by atoms with Gasteiger partial charge in [-0.1, -0.05) is 29.3 Å². The minimum atomic E-state index is -0.977. The Balaban J connectivity index is 2.78. The second kappa shape index (κ2) is 2.24. The zero-order chi connectivity index (χ0) is 6.91. The van der Waals surface area contributed by atoms with E-state index in [9.17, 15) is 0 Å². The summed E-state index contributed by atoms with van der Waals surface area (Å²) in [5.74, 6) is 0. The maximum absolute atomic E-state index is 5.72. The van der Waals surface area contributed by atoms with Crippen LogP contribution in [0.25, 0.3) is 0 Å². The molecule has 1 nitrogen and oxygen atoms in total. The first-order valence-electron chi connectivity index (χ1n) is 2.51. The summed E-state index contributed by atoms with van der Waals surface area (Å²) < 4.78 is -0.977. The minimum absolute atomic E-state index is 0.977. The standard InChI is InChI=1S/C6H6Cl2N/c1-9-5-3-2-4-6(9,7)8/h2-3,5H,1H3. The quantitative estimate of drug-likeness (QED) is 0.389. The van der Waals surface area contributed by atoms with Crippen LogP contribution in [0.15, 0.2) is 18.4 Å². The lowest BCUT2D eigenvalue weighted by Gasteiger charge is -2.27. The first-order valence-corrected chi connectivity index (χ1v) is 3.27.